The zero-order chi connectivity index (χ0) is 10.4. The predicted octanol–water partition coefficient (Wildman–Crippen LogP) is 3.31. The Kier molecular flexibility index (Phi) is 1.84. The second-order valence-corrected chi connectivity index (χ2v) is 4.70. The number of benzene rings is 1. The molecule has 3 rings (SSSR count). The molecule has 78 valence electrons. The Balaban J connectivity index is 2.36. The van der Waals surface area contributed by atoms with Gasteiger partial charge in [0.2, 0.25) is 0 Å². The Bertz CT molecular complexity index is 510. The van der Waals surface area contributed by atoms with Crippen LogP contribution in [0.5, 0.6) is 0 Å². The third-order valence-electron chi connectivity index (χ3n) is 3.72. The first kappa shape index (κ1) is 8.96. The number of nitrogens with zero attached hydrogens (tertiary/aromatic N) is 1. The summed E-state index contributed by atoms with van der Waals surface area (Å²) in [5.41, 5.74) is 5.74. The van der Waals surface area contributed by atoms with Crippen molar-refractivity contribution in [1.82, 2.24) is 10.2 Å². The molecule has 0 saturated carbocycles. The van der Waals surface area contributed by atoms with E-state index in [4.69, 9.17) is 0 Å². The molecule has 1 unspecified atom stereocenters. The minimum atomic E-state index is 0.716. The average molecular weight is 200 g/mol. The molecule has 0 aliphatic heterocycles. The number of rotatable bonds is 0. The van der Waals surface area contributed by atoms with Crippen molar-refractivity contribution < 1.29 is 0 Å². The van der Waals surface area contributed by atoms with Crippen LogP contribution in [0.15, 0.2) is 12.3 Å². The monoisotopic (exact) mass is 200 g/mol. The highest BCUT2D eigenvalue weighted by atomic mass is 15.1. The van der Waals surface area contributed by atoms with Crippen LogP contribution in [0.25, 0.3) is 10.9 Å². The van der Waals surface area contributed by atoms with E-state index in [1.54, 1.807) is 5.56 Å². The molecule has 0 radical (unpaired) electrons. The molecule has 1 atom stereocenters. The minimum Gasteiger partial charge on any atom is -0.278 e. The van der Waals surface area contributed by atoms with Crippen molar-refractivity contribution in [3.8, 4) is 0 Å². The highest BCUT2D eigenvalue weighted by Crippen LogP contribution is 2.36. The van der Waals surface area contributed by atoms with Crippen molar-refractivity contribution in [3.63, 3.8) is 0 Å². The molecule has 15 heavy (non-hydrogen) atoms. The Morgan fingerprint density at radius 1 is 1.47 bits per heavy atom. The topological polar surface area (TPSA) is 28.7 Å². The molecule has 1 heterocycles. The number of aromatic amines is 1. The van der Waals surface area contributed by atoms with E-state index in [2.05, 4.69) is 30.1 Å². The molecule has 0 saturated heterocycles. The van der Waals surface area contributed by atoms with Crippen LogP contribution < -0.4 is 0 Å². The van der Waals surface area contributed by atoms with Gasteiger partial charge in [0.15, 0.2) is 0 Å². The van der Waals surface area contributed by atoms with Gasteiger partial charge in [0.1, 0.15) is 0 Å². The maximum Gasteiger partial charge on any atom is 0.0655 e. The van der Waals surface area contributed by atoms with Gasteiger partial charge in [-0.05, 0) is 54.9 Å². The summed E-state index contributed by atoms with van der Waals surface area (Å²) >= 11 is 0. The summed E-state index contributed by atoms with van der Waals surface area (Å²) in [6, 6.07) is 2.29. The number of nitrogens with one attached hydrogen (secondary N) is 1. The lowest BCUT2D eigenvalue weighted by molar-refractivity contribution is 0.588. The molecule has 1 aromatic heterocycles. The normalized spacial score (nSPS) is 20.5. The van der Waals surface area contributed by atoms with Gasteiger partial charge in [-0.1, -0.05) is 6.92 Å². The van der Waals surface area contributed by atoms with Gasteiger partial charge in [-0.15, -0.1) is 0 Å². The Labute approximate surface area is 89.7 Å². The maximum atomic E-state index is 4.13. The lowest BCUT2D eigenvalue weighted by atomic mass is 9.80. The van der Waals surface area contributed by atoms with Gasteiger partial charge in [0, 0.05) is 5.39 Å². The fourth-order valence-corrected chi connectivity index (χ4v) is 2.98. The second kappa shape index (κ2) is 3.09. The highest BCUT2D eigenvalue weighted by molar-refractivity contribution is 5.84. The molecule has 1 aliphatic carbocycles. The molecule has 0 spiro atoms. The molecular weight excluding hydrogens is 184 g/mol. The molecule has 1 aromatic carbocycles. The first-order valence-electron chi connectivity index (χ1n) is 5.73. The highest BCUT2D eigenvalue weighted by Gasteiger charge is 2.20. The zero-order valence-electron chi connectivity index (χ0n) is 9.30. The number of aromatic nitrogens is 2. The number of H-pyrrole nitrogens is 1. The Morgan fingerprint density at radius 3 is 3.20 bits per heavy atom. The van der Waals surface area contributed by atoms with E-state index in [0.29, 0.717) is 5.92 Å². The van der Waals surface area contributed by atoms with Gasteiger partial charge in [0.25, 0.3) is 0 Å². The summed E-state index contributed by atoms with van der Waals surface area (Å²) in [5, 5.41) is 8.50. The SMILES string of the molecule is Cc1c2c(cc3[nH]ncc13)CCCC2C. The summed E-state index contributed by atoms with van der Waals surface area (Å²) in [4.78, 5) is 0. The van der Waals surface area contributed by atoms with Gasteiger partial charge in [0.05, 0.1) is 11.7 Å². The Hall–Kier alpha value is -1.31. The lowest BCUT2D eigenvalue weighted by Gasteiger charge is -2.24. The van der Waals surface area contributed by atoms with Crippen LogP contribution in [0.1, 0.15) is 42.4 Å². The van der Waals surface area contributed by atoms with E-state index in [-0.39, 0.29) is 0 Å². The molecule has 2 nitrogen and oxygen atoms in total. The van der Waals surface area contributed by atoms with E-state index < -0.39 is 0 Å². The first-order valence-corrected chi connectivity index (χ1v) is 5.73. The summed E-state index contributed by atoms with van der Waals surface area (Å²) in [5.74, 6) is 0.716. The van der Waals surface area contributed by atoms with Crippen molar-refractivity contribution in [2.45, 2.75) is 39.0 Å². The second-order valence-electron chi connectivity index (χ2n) is 4.70. The van der Waals surface area contributed by atoms with Crippen LogP contribution in [0.4, 0.5) is 0 Å². The zero-order valence-corrected chi connectivity index (χ0v) is 9.30. The maximum absolute atomic E-state index is 4.13. The summed E-state index contributed by atoms with van der Waals surface area (Å²) in [7, 11) is 0. The number of hydrogen-bond donors (Lipinski definition) is 1. The van der Waals surface area contributed by atoms with Gasteiger partial charge in [-0.2, -0.15) is 5.10 Å². The Morgan fingerprint density at radius 2 is 2.33 bits per heavy atom. The van der Waals surface area contributed by atoms with E-state index in [1.165, 1.54) is 41.3 Å². The molecule has 2 heteroatoms. The summed E-state index contributed by atoms with van der Waals surface area (Å²) < 4.78 is 0. The van der Waals surface area contributed by atoms with Gasteiger partial charge < -0.3 is 0 Å². The number of aryl methyl sites for hydroxylation is 2. The van der Waals surface area contributed by atoms with Crippen LogP contribution in [0.3, 0.4) is 0 Å². The smallest absolute Gasteiger partial charge is 0.0655 e. The summed E-state index contributed by atoms with van der Waals surface area (Å²) in [6.45, 7) is 4.58. The van der Waals surface area contributed by atoms with Gasteiger partial charge >= 0.3 is 0 Å². The van der Waals surface area contributed by atoms with Crippen molar-refractivity contribution in [2.24, 2.45) is 0 Å². The van der Waals surface area contributed by atoms with Crippen LogP contribution >= 0.6 is 0 Å². The predicted molar refractivity (Wildman–Crippen MR) is 62.2 cm³/mol. The third kappa shape index (κ3) is 1.21. The molecule has 0 bridgehead atoms. The molecule has 2 aromatic rings. The molecule has 0 fully saturated rings. The average Bonchev–Trinajstić information content (AvgIpc) is 2.66. The fraction of sp³-hybridized carbons (Fsp3) is 0.462. The van der Waals surface area contributed by atoms with Gasteiger partial charge in [-0.25, -0.2) is 0 Å². The fourth-order valence-electron chi connectivity index (χ4n) is 2.98. The summed E-state index contributed by atoms with van der Waals surface area (Å²) in [6.07, 6.45) is 5.84. The van der Waals surface area contributed by atoms with Crippen LogP contribution in [0.2, 0.25) is 0 Å². The van der Waals surface area contributed by atoms with E-state index >= 15 is 0 Å². The van der Waals surface area contributed by atoms with Crippen LogP contribution in [0, 0.1) is 6.92 Å². The molecular formula is C13H16N2. The van der Waals surface area contributed by atoms with Crippen LogP contribution in [-0.4, -0.2) is 10.2 Å². The van der Waals surface area contributed by atoms with E-state index in [9.17, 15) is 0 Å². The van der Waals surface area contributed by atoms with Crippen LogP contribution in [-0.2, 0) is 6.42 Å². The first-order chi connectivity index (χ1) is 7.27. The van der Waals surface area contributed by atoms with Gasteiger partial charge in [-0.3, -0.25) is 5.10 Å². The largest absolute Gasteiger partial charge is 0.278 e. The molecule has 1 aliphatic rings. The minimum absolute atomic E-state index is 0.716. The number of fused-ring (bicyclic) bond motifs is 2. The van der Waals surface area contributed by atoms with Crippen molar-refractivity contribution in [3.05, 3.63) is 29.0 Å². The quantitative estimate of drug-likeness (QED) is 0.694. The standard InChI is InChI=1S/C13H16N2/c1-8-4-3-5-10-6-12-11(7-14-15-12)9(2)13(8)10/h6-8H,3-5H2,1-2H3,(H,14,15). The van der Waals surface area contributed by atoms with E-state index in [1.807, 2.05) is 6.20 Å². The number of hydrogen-bond acceptors (Lipinski definition) is 1. The third-order valence-corrected chi connectivity index (χ3v) is 3.72. The lowest BCUT2D eigenvalue weighted by Crippen LogP contribution is -2.09. The molecule has 1 N–H and O–H groups in total. The van der Waals surface area contributed by atoms with Crippen molar-refractivity contribution in [2.75, 3.05) is 0 Å². The van der Waals surface area contributed by atoms with E-state index in [0.717, 1.165) is 0 Å². The van der Waals surface area contributed by atoms with Crippen molar-refractivity contribution >= 4 is 10.9 Å². The molecule has 0 amide bonds. The van der Waals surface area contributed by atoms with Crippen molar-refractivity contribution in [1.29, 1.82) is 0 Å².